The number of anilines is 1. The predicted octanol–water partition coefficient (Wildman–Crippen LogP) is 6.30. The first-order chi connectivity index (χ1) is 17.7. The Kier molecular flexibility index (Phi) is 7.67. The Morgan fingerprint density at radius 1 is 0.947 bits per heavy atom. The van der Waals surface area contributed by atoms with E-state index in [-0.39, 0.29) is 23.1 Å². The number of aromatic nitrogens is 4. The molecular formula is C27H34ClN5O5. The number of carbonyl (C=O) groups is 2. The van der Waals surface area contributed by atoms with Gasteiger partial charge in [0, 0.05) is 5.56 Å². The van der Waals surface area contributed by atoms with Crippen LogP contribution in [0.3, 0.4) is 0 Å². The number of rotatable bonds is 3. The van der Waals surface area contributed by atoms with E-state index in [9.17, 15) is 14.7 Å². The molecular weight excluding hydrogens is 510 g/mol. The van der Waals surface area contributed by atoms with Crippen LogP contribution < -0.4 is 4.90 Å². The van der Waals surface area contributed by atoms with E-state index in [2.05, 4.69) is 15.1 Å². The summed E-state index contributed by atoms with van der Waals surface area (Å²) in [6, 6.07) is 6.84. The standard InChI is InChI=1S/C27H34ClN5O5/c1-26(2,3)37-24(35)32(25(36)38-27(4,5)6)17-9-7-16(8-10-17)21-20-15-29-33(22(20)31-23(28)30-21)18-11-13-19(34)14-12-18/h7-10,15,18-19,34H,11-14H2,1-6H3. The SMILES string of the molecule is CC(C)(C)OC(=O)N(C(=O)OC(C)(C)C)c1ccc(-c2nc(Cl)nc3c2cnn3C2CCC(O)CC2)cc1. The minimum Gasteiger partial charge on any atom is -0.443 e. The number of halogens is 1. The number of aliphatic hydroxyl groups excluding tert-OH is 1. The molecule has 204 valence electrons. The summed E-state index contributed by atoms with van der Waals surface area (Å²) >= 11 is 6.32. The molecule has 11 heteroatoms. The fraction of sp³-hybridized carbons (Fsp3) is 0.519. The Hall–Kier alpha value is -3.24. The van der Waals surface area contributed by atoms with Gasteiger partial charge in [-0.15, -0.1) is 0 Å². The molecule has 1 aliphatic rings. The first-order valence-electron chi connectivity index (χ1n) is 12.7. The maximum Gasteiger partial charge on any atom is 0.424 e. The van der Waals surface area contributed by atoms with Crippen molar-refractivity contribution in [1.82, 2.24) is 19.7 Å². The highest BCUT2D eigenvalue weighted by atomic mass is 35.5. The van der Waals surface area contributed by atoms with Crippen molar-refractivity contribution in [1.29, 1.82) is 0 Å². The van der Waals surface area contributed by atoms with Gasteiger partial charge in [0.2, 0.25) is 5.28 Å². The Bertz CT molecular complexity index is 1290. The monoisotopic (exact) mass is 543 g/mol. The highest BCUT2D eigenvalue weighted by Crippen LogP contribution is 2.34. The number of benzene rings is 1. The molecule has 1 aromatic carbocycles. The number of amides is 2. The minimum absolute atomic E-state index is 0.0818. The summed E-state index contributed by atoms with van der Waals surface area (Å²) in [6.45, 7) is 10.3. The number of hydrogen-bond acceptors (Lipinski definition) is 8. The van der Waals surface area contributed by atoms with Gasteiger partial charge in [0.05, 0.1) is 35.1 Å². The lowest BCUT2D eigenvalue weighted by Crippen LogP contribution is -2.43. The summed E-state index contributed by atoms with van der Waals surface area (Å²) in [4.78, 5) is 35.7. The number of nitrogens with zero attached hydrogens (tertiary/aromatic N) is 5. The molecule has 2 heterocycles. The van der Waals surface area contributed by atoms with E-state index >= 15 is 0 Å². The van der Waals surface area contributed by atoms with Crippen LogP contribution in [0.2, 0.25) is 5.28 Å². The van der Waals surface area contributed by atoms with Crippen molar-refractivity contribution >= 4 is 40.5 Å². The van der Waals surface area contributed by atoms with Crippen molar-refractivity contribution in [2.24, 2.45) is 0 Å². The van der Waals surface area contributed by atoms with Gasteiger partial charge < -0.3 is 14.6 Å². The fourth-order valence-electron chi connectivity index (χ4n) is 4.36. The molecule has 10 nitrogen and oxygen atoms in total. The van der Waals surface area contributed by atoms with Crippen LogP contribution in [-0.4, -0.2) is 54.3 Å². The van der Waals surface area contributed by atoms with Crippen molar-refractivity contribution in [2.45, 2.75) is 90.6 Å². The molecule has 0 radical (unpaired) electrons. The Morgan fingerprint density at radius 3 is 2.03 bits per heavy atom. The topological polar surface area (TPSA) is 120 Å². The number of fused-ring (bicyclic) bond motifs is 1. The Morgan fingerprint density at radius 2 is 1.50 bits per heavy atom. The van der Waals surface area contributed by atoms with Crippen LogP contribution in [0.5, 0.6) is 0 Å². The molecule has 1 fully saturated rings. The lowest BCUT2D eigenvalue weighted by atomic mass is 9.93. The second-order valence-electron chi connectivity index (χ2n) is 11.5. The third-order valence-corrected chi connectivity index (χ3v) is 6.16. The van der Waals surface area contributed by atoms with E-state index in [0.29, 0.717) is 29.7 Å². The van der Waals surface area contributed by atoms with Crippen LogP contribution in [0.15, 0.2) is 30.5 Å². The maximum absolute atomic E-state index is 13.0. The highest BCUT2D eigenvalue weighted by molar-refractivity contribution is 6.28. The van der Waals surface area contributed by atoms with Crippen molar-refractivity contribution < 1.29 is 24.2 Å². The lowest BCUT2D eigenvalue weighted by Gasteiger charge is -2.28. The summed E-state index contributed by atoms with van der Waals surface area (Å²) in [6.07, 6.45) is 2.78. The van der Waals surface area contributed by atoms with E-state index in [0.717, 1.165) is 23.1 Å². The molecule has 1 aliphatic carbocycles. The molecule has 0 saturated heterocycles. The molecule has 0 bridgehead atoms. The minimum atomic E-state index is -0.842. The molecule has 2 amide bonds. The van der Waals surface area contributed by atoms with Crippen molar-refractivity contribution in [3.8, 4) is 11.3 Å². The van der Waals surface area contributed by atoms with Crippen molar-refractivity contribution in [3.63, 3.8) is 0 Å². The van der Waals surface area contributed by atoms with E-state index in [4.69, 9.17) is 21.1 Å². The molecule has 3 aromatic rings. The predicted molar refractivity (Wildman–Crippen MR) is 144 cm³/mol. The average molecular weight is 544 g/mol. The number of hydrogen-bond donors (Lipinski definition) is 1. The second-order valence-corrected chi connectivity index (χ2v) is 11.8. The van der Waals surface area contributed by atoms with Crippen LogP contribution in [0.4, 0.5) is 15.3 Å². The molecule has 0 unspecified atom stereocenters. The molecule has 0 spiro atoms. The quantitative estimate of drug-likeness (QED) is 0.382. The molecule has 1 saturated carbocycles. The molecule has 2 aromatic heterocycles. The molecule has 0 atom stereocenters. The van der Waals surface area contributed by atoms with E-state index in [1.807, 2.05) is 4.68 Å². The first-order valence-corrected chi connectivity index (χ1v) is 13.0. The summed E-state index contributed by atoms with van der Waals surface area (Å²) < 4.78 is 12.8. The highest BCUT2D eigenvalue weighted by Gasteiger charge is 2.33. The van der Waals surface area contributed by atoms with Crippen molar-refractivity contribution in [3.05, 3.63) is 35.7 Å². The van der Waals surface area contributed by atoms with Gasteiger partial charge in [-0.25, -0.2) is 19.3 Å². The normalized spacial score (nSPS) is 18.3. The number of imide groups is 1. The van der Waals surface area contributed by atoms with Gasteiger partial charge in [-0.2, -0.15) is 15.0 Å². The number of ether oxygens (including phenoxy) is 2. The summed E-state index contributed by atoms with van der Waals surface area (Å²) in [5.41, 5.74) is 0.568. The largest absolute Gasteiger partial charge is 0.443 e. The third-order valence-electron chi connectivity index (χ3n) is 5.99. The van der Waals surface area contributed by atoms with Crippen LogP contribution >= 0.6 is 11.6 Å². The summed E-state index contributed by atoms with van der Waals surface area (Å²) in [5.74, 6) is 0. The summed E-state index contributed by atoms with van der Waals surface area (Å²) in [5, 5.41) is 15.3. The van der Waals surface area contributed by atoms with Crippen LogP contribution in [0, 0.1) is 0 Å². The van der Waals surface area contributed by atoms with Crippen LogP contribution in [0.25, 0.3) is 22.3 Å². The second kappa shape index (κ2) is 10.5. The zero-order valence-corrected chi connectivity index (χ0v) is 23.3. The van der Waals surface area contributed by atoms with Crippen LogP contribution in [-0.2, 0) is 9.47 Å². The number of aliphatic hydroxyl groups is 1. The van der Waals surface area contributed by atoms with Gasteiger partial charge >= 0.3 is 12.2 Å². The Labute approximate surface area is 226 Å². The Balaban J connectivity index is 1.68. The van der Waals surface area contributed by atoms with E-state index in [1.54, 1.807) is 72.0 Å². The van der Waals surface area contributed by atoms with Gasteiger partial charge in [-0.05, 0) is 91.0 Å². The molecule has 38 heavy (non-hydrogen) atoms. The van der Waals surface area contributed by atoms with Gasteiger partial charge in [-0.3, -0.25) is 0 Å². The van der Waals surface area contributed by atoms with Gasteiger partial charge in [0.15, 0.2) is 5.65 Å². The first kappa shape index (κ1) is 27.8. The van der Waals surface area contributed by atoms with E-state index < -0.39 is 23.4 Å². The molecule has 1 N–H and O–H groups in total. The van der Waals surface area contributed by atoms with Crippen molar-refractivity contribution in [2.75, 3.05) is 4.90 Å². The smallest absolute Gasteiger partial charge is 0.424 e. The van der Waals surface area contributed by atoms with Gasteiger partial charge in [0.1, 0.15) is 11.2 Å². The van der Waals surface area contributed by atoms with Gasteiger partial charge in [0.25, 0.3) is 0 Å². The third kappa shape index (κ3) is 6.42. The summed E-state index contributed by atoms with van der Waals surface area (Å²) in [7, 11) is 0. The fourth-order valence-corrected chi connectivity index (χ4v) is 4.52. The zero-order chi connectivity index (χ0) is 27.8. The van der Waals surface area contributed by atoms with Gasteiger partial charge in [-0.1, -0.05) is 12.1 Å². The maximum atomic E-state index is 13.0. The molecule has 0 aliphatic heterocycles. The average Bonchev–Trinajstić information content (AvgIpc) is 3.21. The van der Waals surface area contributed by atoms with Crippen LogP contribution in [0.1, 0.15) is 73.3 Å². The lowest BCUT2D eigenvalue weighted by molar-refractivity contribution is 0.0430. The molecule has 4 rings (SSSR count). The number of carbonyl (C=O) groups excluding carboxylic acids is 2. The van der Waals surface area contributed by atoms with E-state index in [1.165, 1.54) is 0 Å². The zero-order valence-electron chi connectivity index (χ0n) is 22.6.